The molecule has 4 rings (SSSR count). The first-order valence-electron chi connectivity index (χ1n) is 11.9. The lowest BCUT2D eigenvalue weighted by atomic mass is 9.84. The number of carbonyl (C=O) groups excluding carboxylic acids is 2. The quantitative estimate of drug-likeness (QED) is 0.319. The number of likely N-dealkylation sites (N-methyl/N-ethyl adjacent to an activating group) is 1. The van der Waals surface area contributed by atoms with Gasteiger partial charge in [-0.15, -0.1) is 0 Å². The number of nitrogens with zero attached hydrogens (tertiary/aromatic N) is 7. The fraction of sp³-hybridized carbons (Fsp3) is 0.458. The fourth-order valence-electron chi connectivity index (χ4n) is 4.68. The number of benzene rings is 1. The zero-order chi connectivity index (χ0) is 27.7. The van der Waals surface area contributed by atoms with Gasteiger partial charge >= 0.3 is 6.18 Å². The molecule has 0 N–H and O–H groups in total. The van der Waals surface area contributed by atoms with Crippen LogP contribution in [0.4, 0.5) is 33.5 Å². The van der Waals surface area contributed by atoms with Gasteiger partial charge in [-0.1, -0.05) is 6.92 Å². The molecule has 9 nitrogen and oxygen atoms in total. The number of amides is 2. The van der Waals surface area contributed by atoms with Crippen molar-refractivity contribution in [1.29, 1.82) is 0 Å². The Hall–Kier alpha value is -3.68. The lowest BCUT2D eigenvalue weighted by Crippen LogP contribution is -2.63. The smallest absolute Gasteiger partial charge is 0.355 e. The summed E-state index contributed by atoms with van der Waals surface area (Å²) in [6.45, 7) is 2.38. The third kappa shape index (κ3) is 5.17. The summed E-state index contributed by atoms with van der Waals surface area (Å²) in [5, 5.41) is 3.92. The van der Waals surface area contributed by atoms with Crippen LogP contribution in [0.5, 0.6) is 0 Å². The van der Waals surface area contributed by atoms with Crippen molar-refractivity contribution in [3.63, 3.8) is 0 Å². The van der Waals surface area contributed by atoms with Gasteiger partial charge in [0.2, 0.25) is 6.41 Å². The van der Waals surface area contributed by atoms with Crippen molar-refractivity contribution in [3.05, 3.63) is 42.2 Å². The van der Waals surface area contributed by atoms with Crippen molar-refractivity contribution < 1.29 is 31.5 Å². The second-order valence-electron chi connectivity index (χ2n) is 9.01. The maximum absolute atomic E-state index is 13.8. The number of halogens is 5. The van der Waals surface area contributed by atoms with E-state index in [-0.39, 0.29) is 24.2 Å². The Morgan fingerprint density at radius 1 is 1.16 bits per heavy atom. The lowest BCUT2D eigenvalue weighted by Gasteiger charge is -2.47. The van der Waals surface area contributed by atoms with Crippen molar-refractivity contribution in [1.82, 2.24) is 24.6 Å². The number of anilines is 2. The van der Waals surface area contributed by atoms with Gasteiger partial charge in [-0.05, 0) is 50.7 Å². The van der Waals surface area contributed by atoms with Crippen molar-refractivity contribution in [2.45, 2.75) is 44.5 Å². The molecule has 0 spiro atoms. The molecule has 3 heterocycles. The third-order valence-electron chi connectivity index (χ3n) is 6.96. The summed E-state index contributed by atoms with van der Waals surface area (Å²) in [6, 6.07) is 3.84. The molecule has 1 aliphatic heterocycles. The number of imide groups is 1. The molecule has 3 aromatic rings. The summed E-state index contributed by atoms with van der Waals surface area (Å²) in [6.07, 6.45) is -3.43. The SMILES string of the molecule is CCN(C)C1(C(=O)N(C=O)c2ccc(C(F)(F)F)cc2)CCN(c2cnc3cnn(CC(F)F)c3n2)CC1. The van der Waals surface area contributed by atoms with Crippen LogP contribution in [-0.4, -0.2) is 75.6 Å². The molecule has 0 bridgehead atoms. The van der Waals surface area contributed by atoms with Crippen LogP contribution in [0.1, 0.15) is 25.3 Å². The minimum atomic E-state index is -4.55. The van der Waals surface area contributed by atoms with Crippen LogP contribution in [0.2, 0.25) is 0 Å². The Morgan fingerprint density at radius 2 is 1.82 bits per heavy atom. The second-order valence-corrected chi connectivity index (χ2v) is 9.01. The first kappa shape index (κ1) is 27.4. The van der Waals surface area contributed by atoms with E-state index in [0.717, 1.165) is 33.8 Å². The number of fused-ring (bicyclic) bond motifs is 1. The number of carbonyl (C=O) groups is 2. The molecule has 0 atom stereocenters. The summed E-state index contributed by atoms with van der Waals surface area (Å²) in [4.78, 5) is 39.0. The summed E-state index contributed by atoms with van der Waals surface area (Å²) in [7, 11) is 1.75. The number of hydrogen-bond acceptors (Lipinski definition) is 7. The Morgan fingerprint density at radius 3 is 2.37 bits per heavy atom. The van der Waals surface area contributed by atoms with Crippen LogP contribution >= 0.6 is 0 Å². The molecule has 1 aliphatic rings. The number of hydrogen-bond donors (Lipinski definition) is 0. The van der Waals surface area contributed by atoms with Gasteiger partial charge in [0.15, 0.2) is 5.65 Å². The highest BCUT2D eigenvalue weighted by atomic mass is 19.4. The standard InChI is InChI=1S/C24H26F5N7O2/c1-3-33(2)23(22(38)35(15-37)17-6-4-16(5-7-17)24(27,28)29)8-10-34(11-9-23)20-13-30-18-12-31-36(14-19(25)26)21(18)32-20/h4-7,12-13,15,19H,3,8-11,14H2,1-2H3. The largest absolute Gasteiger partial charge is 0.416 e. The molecule has 0 aliphatic carbocycles. The molecule has 38 heavy (non-hydrogen) atoms. The van der Waals surface area contributed by atoms with Crippen molar-refractivity contribution >= 4 is 35.0 Å². The normalized spacial score (nSPS) is 15.9. The highest BCUT2D eigenvalue weighted by molar-refractivity contribution is 6.11. The van der Waals surface area contributed by atoms with E-state index in [0.29, 0.717) is 37.4 Å². The molecule has 0 radical (unpaired) electrons. The van der Waals surface area contributed by atoms with Crippen molar-refractivity contribution in [3.8, 4) is 0 Å². The number of rotatable bonds is 8. The molecule has 0 saturated carbocycles. The summed E-state index contributed by atoms with van der Waals surface area (Å²) >= 11 is 0. The van der Waals surface area contributed by atoms with Crippen molar-refractivity contribution in [2.24, 2.45) is 0 Å². The molecule has 1 saturated heterocycles. The van der Waals surface area contributed by atoms with E-state index < -0.39 is 36.2 Å². The van der Waals surface area contributed by atoms with E-state index in [1.165, 1.54) is 12.4 Å². The van der Waals surface area contributed by atoms with Gasteiger partial charge in [0.1, 0.15) is 23.4 Å². The first-order valence-corrected chi connectivity index (χ1v) is 11.9. The van der Waals surface area contributed by atoms with Gasteiger partial charge in [-0.2, -0.15) is 18.3 Å². The van der Waals surface area contributed by atoms with Gasteiger partial charge in [0.25, 0.3) is 12.3 Å². The van der Waals surface area contributed by atoms with Gasteiger partial charge in [0, 0.05) is 13.1 Å². The average Bonchev–Trinajstić information content (AvgIpc) is 3.29. The van der Waals surface area contributed by atoms with Gasteiger partial charge in [0.05, 0.1) is 23.6 Å². The van der Waals surface area contributed by atoms with E-state index in [9.17, 15) is 31.5 Å². The first-order chi connectivity index (χ1) is 18.0. The van der Waals surface area contributed by atoms with Crippen LogP contribution in [0.3, 0.4) is 0 Å². The van der Waals surface area contributed by atoms with Crippen molar-refractivity contribution in [2.75, 3.05) is 36.5 Å². The topological polar surface area (TPSA) is 87.5 Å². The van der Waals surface area contributed by atoms with Crippen LogP contribution in [0.25, 0.3) is 11.2 Å². The average molecular weight is 540 g/mol. The molecule has 14 heteroatoms. The van der Waals surface area contributed by atoms with Crippen LogP contribution in [-0.2, 0) is 22.3 Å². The monoisotopic (exact) mass is 539 g/mol. The lowest BCUT2D eigenvalue weighted by molar-refractivity contribution is -0.137. The van der Waals surface area contributed by atoms with Crippen LogP contribution in [0.15, 0.2) is 36.7 Å². The van der Waals surface area contributed by atoms with E-state index in [4.69, 9.17) is 0 Å². The molecule has 204 valence electrons. The molecule has 2 aromatic heterocycles. The van der Waals surface area contributed by atoms with E-state index in [2.05, 4.69) is 15.1 Å². The van der Waals surface area contributed by atoms with Gasteiger partial charge < -0.3 is 4.90 Å². The summed E-state index contributed by atoms with van der Waals surface area (Å²) in [5.74, 6) is -0.114. The van der Waals surface area contributed by atoms with Crippen LogP contribution < -0.4 is 9.80 Å². The fourth-order valence-corrected chi connectivity index (χ4v) is 4.68. The maximum atomic E-state index is 13.8. The van der Waals surface area contributed by atoms with Gasteiger partial charge in [-0.25, -0.2) is 23.4 Å². The summed E-state index contributed by atoms with van der Waals surface area (Å²) < 4.78 is 65.8. The minimum absolute atomic E-state index is 0.0351. The Bertz CT molecular complexity index is 1290. The molecule has 1 aromatic carbocycles. The van der Waals surface area contributed by atoms with Crippen LogP contribution in [0, 0.1) is 0 Å². The third-order valence-corrected chi connectivity index (χ3v) is 6.96. The van der Waals surface area contributed by atoms with E-state index in [1.54, 1.807) is 7.05 Å². The molecule has 0 unspecified atom stereocenters. The zero-order valence-corrected chi connectivity index (χ0v) is 20.7. The minimum Gasteiger partial charge on any atom is -0.355 e. The molecular weight excluding hydrogens is 513 g/mol. The highest BCUT2D eigenvalue weighted by Crippen LogP contribution is 2.35. The number of aromatic nitrogens is 4. The van der Waals surface area contributed by atoms with E-state index in [1.807, 2.05) is 16.7 Å². The number of alkyl halides is 5. The summed E-state index contributed by atoms with van der Waals surface area (Å²) in [5.41, 5.74) is -1.37. The molecular formula is C24H26F5N7O2. The second kappa shape index (κ2) is 10.6. The Labute approximate surface area is 214 Å². The predicted octanol–water partition coefficient (Wildman–Crippen LogP) is 3.59. The predicted molar refractivity (Wildman–Crippen MR) is 129 cm³/mol. The Kier molecular flexibility index (Phi) is 7.63. The Balaban J connectivity index is 1.58. The van der Waals surface area contributed by atoms with E-state index >= 15 is 0 Å². The number of piperidine rings is 1. The molecule has 2 amide bonds. The zero-order valence-electron chi connectivity index (χ0n) is 20.7. The van der Waals surface area contributed by atoms with Gasteiger partial charge in [-0.3, -0.25) is 19.4 Å². The molecule has 1 fully saturated rings. The highest BCUT2D eigenvalue weighted by Gasteiger charge is 2.47. The maximum Gasteiger partial charge on any atom is 0.416 e.